The van der Waals surface area contributed by atoms with Gasteiger partial charge in [-0.15, -0.1) is 0 Å². The Balaban J connectivity index is 1.94. The minimum Gasteiger partial charge on any atom is -0.465 e. The quantitative estimate of drug-likeness (QED) is 0.584. The number of methoxy groups -OCH3 is 1. The summed E-state index contributed by atoms with van der Waals surface area (Å²) >= 11 is 3.52. The van der Waals surface area contributed by atoms with E-state index in [-0.39, 0.29) is 11.0 Å². The highest BCUT2D eigenvalue weighted by Crippen LogP contribution is 2.48. The molecule has 1 heterocycles. The topological polar surface area (TPSA) is 44.8 Å². The van der Waals surface area contributed by atoms with Crippen LogP contribution in [0.1, 0.15) is 46.6 Å². The Bertz CT molecular complexity index is 508. The predicted molar refractivity (Wildman–Crippen MR) is 72.4 cm³/mol. The molecule has 1 aliphatic carbocycles. The van der Waals surface area contributed by atoms with Crippen LogP contribution in [0, 0.1) is 0 Å². The molecule has 0 aromatic heterocycles. The van der Waals surface area contributed by atoms with Gasteiger partial charge in [0.05, 0.1) is 12.7 Å². The lowest BCUT2D eigenvalue weighted by Gasteiger charge is -2.38. The Kier molecular flexibility index (Phi) is 3.27. The van der Waals surface area contributed by atoms with Gasteiger partial charge in [0.25, 0.3) is 0 Å². The Labute approximate surface area is 120 Å². The van der Waals surface area contributed by atoms with Gasteiger partial charge in [-0.1, -0.05) is 15.9 Å². The first-order chi connectivity index (χ1) is 9.13. The lowest BCUT2D eigenvalue weighted by Crippen LogP contribution is -2.39. The van der Waals surface area contributed by atoms with Gasteiger partial charge >= 0.3 is 5.97 Å². The molecule has 0 N–H and O–H groups in total. The van der Waals surface area contributed by atoms with Crippen LogP contribution >= 0.6 is 15.9 Å². The Morgan fingerprint density at radius 1 is 1.42 bits per heavy atom. The minimum atomic E-state index is -0.492. The fourth-order valence-corrected chi connectivity index (χ4v) is 3.37. The standard InChI is InChI=1S/C14H15BrO4/c1-17-13(16)9-4-5-11-10(8-9)12(15)19-14(18-11)6-2-3-7-14/h4-5,8,12H,2-3,6-7H2,1H3. The molecule has 1 aromatic carbocycles. The molecule has 0 amide bonds. The first-order valence-corrected chi connectivity index (χ1v) is 7.28. The number of benzene rings is 1. The molecule has 1 aliphatic heterocycles. The average Bonchev–Trinajstić information content (AvgIpc) is 2.85. The van der Waals surface area contributed by atoms with Crippen molar-refractivity contribution in [2.45, 2.75) is 36.5 Å². The van der Waals surface area contributed by atoms with E-state index in [2.05, 4.69) is 15.9 Å². The Hall–Kier alpha value is -1.07. The van der Waals surface area contributed by atoms with Crippen molar-refractivity contribution in [1.82, 2.24) is 0 Å². The van der Waals surface area contributed by atoms with Gasteiger partial charge in [0.1, 0.15) is 10.8 Å². The number of esters is 1. The minimum absolute atomic E-state index is 0.251. The lowest BCUT2D eigenvalue weighted by molar-refractivity contribution is -0.201. The largest absolute Gasteiger partial charge is 0.465 e. The first-order valence-electron chi connectivity index (χ1n) is 6.37. The zero-order valence-electron chi connectivity index (χ0n) is 10.6. The Morgan fingerprint density at radius 3 is 2.84 bits per heavy atom. The summed E-state index contributed by atoms with van der Waals surface area (Å²) in [6.07, 6.45) is 4.06. The smallest absolute Gasteiger partial charge is 0.337 e. The molecule has 0 saturated heterocycles. The van der Waals surface area contributed by atoms with Crippen LogP contribution in [0.25, 0.3) is 0 Å². The highest BCUT2D eigenvalue weighted by atomic mass is 79.9. The van der Waals surface area contributed by atoms with Crippen molar-refractivity contribution < 1.29 is 19.0 Å². The van der Waals surface area contributed by atoms with E-state index in [0.29, 0.717) is 5.56 Å². The molecule has 19 heavy (non-hydrogen) atoms. The fourth-order valence-electron chi connectivity index (χ4n) is 2.67. The van der Waals surface area contributed by atoms with E-state index in [1.807, 2.05) is 6.07 Å². The summed E-state index contributed by atoms with van der Waals surface area (Å²) in [5.74, 6) is -0.0696. The van der Waals surface area contributed by atoms with Crippen molar-refractivity contribution in [2.24, 2.45) is 0 Å². The molecule has 4 nitrogen and oxygen atoms in total. The SMILES string of the molecule is COC(=O)c1ccc2c(c1)C(Br)OC1(CCCC1)O2. The monoisotopic (exact) mass is 326 g/mol. The van der Waals surface area contributed by atoms with Crippen molar-refractivity contribution in [2.75, 3.05) is 7.11 Å². The summed E-state index contributed by atoms with van der Waals surface area (Å²) in [6, 6.07) is 5.29. The van der Waals surface area contributed by atoms with Gasteiger partial charge in [-0.2, -0.15) is 0 Å². The van der Waals surface area contributed by atoms with Crippen LogP contribution in [0.3, 0.4) is 0 Å². The number of rotatable bonds is 1. The normalized spacial score (nSPS) is 23.8. The molecule has 1 fully saturated rings. The zero-order chi connectivity index (χ0) is 13.5. The molecule has 0 radical (unpaired) electrons. The third kappa shape index (κ3) is 2.25. The molecular formula is C14H15BrO4. The lowest BCUT2D eigenvalue weighted by atomic mass is 10.1. The van der Waals surface area contributed by atoms with Crippen molar-refractivity contribution in [3.63, 3.8) is 0 Å². The van der Waals surface area contributed by atoms with Gasteiger partial charge < -0.3 is 14.2 Å². The van der Waals surface area contributed by atoms with Crippen LogP contribution in [0.15, 0.2) is 18.2 Å². The average molecular weight is 327 g/mol. The van der Waals surface area contributed by atoms with Crippen LogP contribution in [0.4, 0.5) is 0 Å². The molecule has 1 atom stereocenters. The van der Waals surface area contributed by atoms with Gasteiger partial charge in [-0.3, -0.25) is 0 Å². The van der Waals surface area contributed by atoms with Crippen molar-refractivity contribution in [3.05, 3.63) is 29.3 Å². The molecule has 0 bridgehead atoms. The van der Waals surface area contributed by atoms with Gasteiger partial charge in [-0.05, 0) is 31.0 Å². The maximum atomic E-state index is 11.5. The van der Waals surface area contributed by atoms with Crippen LogP contribution in [-0.4, -0.2) is 18.9 Å². The van der Waals surface area contributed by atoms with Gasteiger partial charge in [-0.25, -0.2) is 4.79 Å². The third-order valence-electron chi connectivity index (χ3n) is 3.65. The number of hydrogen-bond acceptors (Lipinski definition) is 4. The van der Waals surface area contributed by atoms with Crippen LogP contribution in [-0.2, 0) is 9.47 Å². The fraction of sp³-hybridized carbons (Fsp3) is 0.500. The second kappa shape index (κ2) is 4.80. The number of hydrogen-bond donors (Lipinski definition) is 0. The molecule has 2 aliphatic rings. The predicted octanol–water partition coefficient (Wildman–Crippen LogP) is 3.55. The highest BCUT2D eigenvalue weighted by Gasteiger charge is 2.43. The number of halogens is 1. The molecule has 3 rings (SSSR count). The summed E-state index contributed by atoms with van der Waals surface area (Å²) in [5.41, 5.74) is 1.33. The number of ether oxygens (including phenoxy) is 3. The van der Waals surface area contributed by atoms with E-state index in [0.717, 1.165) is 37.0 Å². The van der Waals surface area contributed by atoms with E-state index in [1.54, 1.807) is 12.1 Å². The van der Waals surface area contributed by atoms with E-state index < -0.39 is 5.79 Å². The Morgan fingerprint density at radius 2 is 2.16 bits per heavy atom. The highest BCUT2D eigenvalue weighted by molar-refractivity contribution is 9.09. The summed E-state index contributed by atoms with van der Waals surface area (Å²) in [7, 11) is 1.37. The molecule has 5 heteroatoms. The molecule has 1 aromatic rings. The third-order valence-corrected chi connectivity index (χ3v) is 4.34. The molecular weight excluding hydrogens is 312 g/mol. The second-order valence-corrected chi connectivity index (χ2v) is 5.73. The molecule has 1 unspecified atom stereocenters. The van der Waals surface area contributed by atoms with Crippen LogP contribution in [0.2, 0.25) is 0 Å². The zero-order valence-corrected chi connectivity index (χ0v) is 12.2. The second-order valence-electron chi connectivity index (χ2n) is 4.90. The van der Waals surface area contributed by atoms with Crippen molar-refractivity contribution >= 4 is 21.9 Å². The van der Waals surface area contributed by atoms with E-state index >= 15 is 0 Å². The van der Waals surface area contributed by atoms with E-state index in [1.165, 1.54) is 7.11 Å². The first kappa shape index (κ1) is 12.9. The molecule has 102 valence electrons. The van der Waals surface area contributed by atoms with E-state index in [4.69, 9.17) is 14.2 Å². The van der Waals surface area contributed by atoms with E-state index in [9.17, 15) is 4.79 Å². The van der Waals surface area contributed by atoms with Gasteiger partial charge in [0.15, 0.2) is 0 Å². The van der Waals surface area contributed by atoms with Crippen molar-refractivity contribution in [3.8, 4) is 5.75 Å². The van der Waals surface area contributed by atoms with Crippen LogP contribution < -0.4 is 4.74 Å². The number of carbonyl (C=O) groups excluding carboxylic acids is 1. The van der Waals surface area contributed by atoms with Crippen LogP contribution in [0.5, 0.6) is 5.75 Å². The maximum Gasteiger partial charge on any atom is 0.337 e. The number of fused-ring (bicyclic) bond motifs is 1. The van der Waals surface area contributed by atoms with Gasteiger partial charge in [0, 0.05) is 18.4 Å². The number of carbonyl (C=O) groups is 1. The summed E-state index contributed by atoms with van der Waals surface area (Å²) in [4.78, 5) is 11.5. The molecule has 1 spiro atoms. The number of alkyl halides is 1. The summed E-state index contributed by atoms with van der Waals surface area (Å²) in [6.45, 7) is 0. The summed E-state index contributed by atoms with van der Waals surface area (Å²) in [5, 5.41) is -0.251. The maximum absolute atomic E-state index is 11.5. The summed E-state index contributed by atoms with van der Waals surface area (Å²) < 4.78 is 16.7. The molecule has 1 saturated carbocycles. The van der Waals surface area contributed by atoms with Crippen molar-refractivity contribution in [1.29, 1.82) is 0 Å². The van der Waals surface area contributed by atoms with Gasteiger partial charge in [0.2, 0.25) is 5.79 Å².